The molecule has 0 aromatic carbocycles. The SMILES string of the molecule is CCCCCCCCCC/C=C\CCCCCCCOP(=O)(O)C(CCC)[N+](C)(C)C. The fourth-order valence-electron chi connectivity index (χ4n) is 4.05. The first kappa shape index (κ1) is 30.9. The lowest BCUT2D eigenvalue weighted by Gasteiger charge is -2.35. The van der Waals surface area contributed by atoms with Crippen LogP contribution in [0.2, 0.25) is 0 Å². The summed E-state index contributed by atoms with van der Waals surface area (Å²) in [6.45, 7) is 4.72. The van der Waals surface area contributed by atoms with Crippen LogP contribution < -0.4 is 0 Å². The number of nitrogens with zero attached hydrogens (tertiary/aromatic N) is 1. The Labute approximate surface area is 195 Å². The molecule has 0 radical (unpaired) electrons. The van der Waals surface area contributed by atoms with E-state index in [0.717, 1.165) is 19.3 Å². The van der Waals surface area contributed by atoms with Gasteiger partial charge in [0, 0.05) is 6.42 Å². The molecular weight excluding hydrogens is 405 g/mol. The number of unbranched alkanes of at least 4 members (excludes halogenated alkanes) is 13. The Morgan fingerprint density at radius 3 is 1.65 bits per heavy atom. The van der Waals surface area contributed by atoms with Gasteiger partial charge in [0.25, 0.3) is 0 Å². The molecule has 5 heteroatoms. The molecule has 0 amide bonds. The molecule has 0 spiro atoms. The molecule has 0 aromatic heterocycles. The van der Waals surface area contributed by atoms with Gasteiger partial charge in [0.2, 0.25) is 0 Å². The third-order valence-corrected chi connectivity index (χ3v) is 8.26. The van der Waals surface area contributed by atoms with E-state index in [-0.39, 0.29) is 5.78 Å². The van der Waals surface area contributed by atoms with Gasteiger partial charge in [0.1, 0.15) is 0 Å². The van der Waals surface area contributed by atoms with Crippen LogP contribution in [0.25, 0.3) is 0 Å². The molecule has 0 heterocycles. The molecule has 0 aliphatic carbocycles. The average Bonchev–Trinajstić information content (AvgIpc) is 2.70. The first-order valence-electron chi connectivity index (χ1n) is 13.2. The van der Waals surface area contributed by atoms with Gasteiger partial charge in [-0.1, -0.05) is 90.2 Å². The second-order valence-corrected chi connectivity index (χ2v) is 12.1. The lowest BCUT2D eigenvalue weighted by atomic mass is 10.1. The van der Waals surface area contributed by atoms with Crippen LogP contribution in [0.4, 0.5) is 0 Å². The summed E-state index contributed by atoms with van der Waals surface area (Å²) in [7, 11) is 2.34. The molecule has 0 aliphatic rings. The van der Waals surface area contributed by atoms with Crippen molar-refractivity contribution in [2.45, 2.75) is 129 Å². The van der Waals surface area contributed by atoms with Gasteiger partial charge >= 0.3 is 7.60 Å². The maximum Gasteiger partial charge on any atom is 0.385 e. The van der Waals surface area contributed by atoms with Gasteiger partial charge in [-0.25, -0.2) is 0 Å². The van der Waals surface area contributed by atoms with Gasteiger partial charge < -0.3 is 13.9 Å². The Kier molecular flexibility index (Phi) is 19.2. The largest absolute Gasteiger partial charge is 0.385 e. The zero-order valence-corrected chi connectivity index (χ0v) is 22.5. The van der Waals surface area contributed by atoms with Crippen molar-refractivity contribution < 1.29 is 18.5 Å². The van der Waals surface area contributed by atoms with Crippen molar-refractivity contribution in [3.8, 4) is 0 Å². The molecule has 4 nitrogen and oxygen atoms in total. The minimum absolute atomic E-state index is 0.338. The minimum Gasteiger partial charge on any atom is -0.320 e. The molecule has 2 atom stereocenters. The van der Waals surface area contributed by atoms with E-state index in [1.54, 1.807) is 0 Å². The van der Waals surface area contributed by atoms with E-state index in [9.17, 15) is 9.46 Å². The molecule has 2 unspecified atom stereocenters. The van der Waals surface area contributed by atoms with E-state index in [4.69, 9.17) is 4.52 Å². The number of hydrogen-bond acceptors (Lipinski definition) is 2. The highest BCUT2D eigenvalue weighted by Gasteiger charge is 2.41. The van der Waals surface area contributed by atoms with Gasteiger partial charge in [0.15, 0.2) is 5.78 Å². The van der Waals surface area contributed by atoms with Gasteiger partial charge in [-0.2, -0.15) is 0 Å². The Bertz CT molecular complexity index is 474. The molecule has 186 valence electrons. The molecule has 1 N–H and O–H groups in total. The lowest BCUT2D eigenvalue weighted by molar-refractivity contribution is -0.883. The topological polar surface area (TPSA) is 46.5 Å². The number of quaternary nitrogens is 1. The minimum atomic E-state index is -3.57. The Morgan fingerprint density at radius 2 is 1.19 bits per heavy atom. The van der Waals surface area contributed by atoms with E-state index in [1.807, 2.05) is 28.1 Å². The van der Waals surface area contributed by atoms with Crippen molar-refractivity contribution in [2.75, 3.05) is 27.7 Å². The summed E-state index contributed by atoms with van der Waals surface area (Å²) in [5.41, 5.74) is 0. The summed E-state index contributed by atoms with van der Waals surface area (Å²) in [6.07, 6.45) is 25.5. The van der Waals surface area contributed by atoms with Crippen LogP contribution in [-0.2, 0) is 9.09 Å². The normalized spacial score (nSPS) is 15.4. The van der Waals surface area contributed by atoms with E-state index in [1.165, 1.54) is 83.5 Å². The second kappa shape index (κ2) is 19.3. The molecule has 0 rings (SSSR count). The first-order valence-corrected chi connectivity index (χ1v) is 14.8. The third-order valence-electron chi connectivity index (χ3n) is 6.00. The fraction of sp³-hybridized carbons (Fsp3) is 0.923. The molecule has 31 heavy (non-hydrogen) atoms. The summed E-state index contributed by atoms with van der Waals surface area (Å²) in [6, 6.07) is 0. The molecular formula is C26H55NO3P+. The highest BCUT2D eigenvalue weighted by atomic mass is 31.2. The van der Waals surface area contributed by atoms with Crippen molar-refractivity contribution in [1.82, 2.24) is 0 Å². The molecule has 0 bridgehead atoms. The first-order chi connectivity index (χ1) is 14.8. The predicted molar refractivity (Wildman–Crippen MR) is 137 cm³/mol. The van der Waals surface area contributed by atoms with Crippen LogP contribution in [0.3, 0.4) is 0 Å². The van der Waals surface area contributed by atoms with Gasteiger partial charge in [-0.3, -0.25) is 4.57 Å². The van der Waals surface area contributed by atoms with Crippen molar-refractivity contribution in [2.24, 2.45) is 0 Å². The lowest BCUT2D eigenvalue weighted by Crippen LogP contribution is -2.45. The number of hydrogen-bond donors (Lipinski definition) is 1. The fourth-order valence-corrected chi connectivity index (χ4v) is 6.08. The van der Waals surface area contributed by atoms with Crippen molar-refractivity contribution in [3.05, 3.63) is 12.2 Å². The summed E-state index contributed by atoms with van der Waals surface area (Å²) in [4.78, 5) is 10.4. The van der Waals surface area contributed by atoms with Crippen LogP contribution in [0.15, 0.2) is 12.2 Å². The highest BCUT2D eigenvalue weighted by Crippen LogP contribution is 2.51. The molecule has 0 aliphatic heterocycles. The average molecular weight is 461 g/mol. The maximum absolute atomic E-state index is 12.6. The van der Waals surface area contributed by atoms with E-state index in [0.29, 0.717) is 17.5 Å². The van der Waals surface area contributed by atoms with Crippen LogP contribution in [0.1, 0.15) is 123 Å². The zero-order chi connectivity index (χ0) is 23.4. The molecule has 0 fully saturated rings. The van der Waals surface area contributed by atoms with E-state index < -0.39 is 7.60 Å². The predicted octanol–water partition coefficient (Wildman–Crippen LogP) is 8.45. The van der Waals surface area contributed by atoms with Crippen LogP contribution in [0, 0.1) is 0 Å². The van der Waals surface area contributed by atoms with Crippen LogP contribution in [0.5, 0.6) is 0 Å². The Hall–Kier alpha value is -0.150. The molecule has 0 aromatic rings. The van der Waals surface area contributed by atoms with Crippen molar-refractivity contribution in [1.29, 1.82) is 0 Å². The van der Waals surface area contributed by atoms with Crippen molar-refractivity contribution >= 4 is 7.60 Å². The quantitative estimate of drug-likeness (QED) is 0.0763. The summed E-state index contributed by atoms with van der Waals surface area (Å²) >= 11 is 0. The van der Waals surface area contributed by atoms with E-state index in [2.05, 4.69) is 19.1 Å². The second-order valence-electron chi connectivity index (χ2n) is 10.1. The molecule has 0 saturated heterocycles. The maximum atomic E-state index is 12.6. The summed E-state index contributed by atoms with van der Waals surface area (Å²) < 4.78 is 18.6. The standard InChI is InChI=1S/C26H54NO3P/c1-6-8-9-10-11-12-13-14-15-16-17-18-19-20-21-22-23-25-30-31(28,29)26(24-7-2)27(3,4)5/h16-17,26H,6-15,18-25H2,1-5H3/p+1/b17-16-. The number of allylic oxidation sites excluding steroid dienone is 2. The Morgan fingerprint density at radius 1 is 0.742 bits per heavy atom. The van der Waals surface area contributed by atoms with Gasteiger partial charge in [-0.05, 0) is 38.5 Å². The third kappa shape index (κ3) is 18.0. The zero-order valence-electron chi connectivity index (χ0n) is 21.6. The van der Waals surface area contributed by atoms with Crippen LogP contribution in [-0.4, -0.2) is 42.9 Å². The monoisotopic (exact) mass is 460 g/mol. The number of rotatable bonds is 22. The van der Waals surface area contributed by atoms with Gasteiger partial charge in [0.05, 0.1) is 27.7 Å². The van der Waals surface area contributed by atoms with Gasteiger partial charge in [-0.15, -0.1) is 0 Å². The summed E-state index contributed by atoms with van der Waals surface area (Å²) in [5, 5.41) is 0. The van der Waals surface area contributed by atoms with Crippen LogP contribution >= 0.6 is 7.60 Å². The smallest absolute Gasteiger partial charge is 0.320 e. The summed E-state index contributed by atoms with van der Waals surface area (Å²) in [5.74, 6) is -0.338. The molecule has 0 saturated carbocycles. The van der Waals surface area contributed by atoms with Crippen molar-refractivity contribution in [3.63, 3.8) is 0 Å². The Balaban J connectivity index is 3.59. The highest BCUT2D eigenvalue weighted by molar-refractivity contribution is 7.53. The van der Waals surface area contributed by atoms with E-state index >= 15 is 0 Å².